The smallest absolute Gasteiger partial charge is 0.327 e. The second kappa shape index (κ2) is 4.69. The molecule has 0 unspecified atom stereocenters. The van der Waals surface area contributed by atoms with Gasteiger partial charge in [-0.1, -0.05) is 0 Å². The van der Waals surface area contributed by atoms with Gasteiger partial charge in [0.15, 0.2) is 16.4 Å². The van der Waals surface area contributed by atoms with Gasteiger partial charge >= 0.3 is 6.18 Å². The molecule has 1 aromatic heterocycles. The first kappa shape index (κ1) is 13.6. The molecular weight excluding hydrogens is 287 g/mol. The van der Waals surface area contributed by atoms with Gasteiger partial charge in [-0.25, -0.2) is 13.8 Å². The van der Waals surface area contributed by atoms with Crippen LogP contribution in [0, 0.1) is 16.4 Å². The van der Waals surface area contributed by atoms with E-state index in [2.05, 4.69) is 17.2 Å². The molecule has 1 N–H and O–H groups in total. The van der Waals surface area contributed by atoms with Gasteiger partial charge in [-0.15, -0.1) is 0 Å². The van der Waals surface area contributed by atoms with E-state index in [-0.39, 0.29) is 11.3 Å². The third kappa shape index (κ3) is 2.95. The lowest BCUT2D eigenvalue weighted by molar-refractivity contribution is -0.141. The lowest BCUT2D eigenvalue weighted by atomic mass is 10.1. The Labute approximate surface area is 108 Å². The highest BCUT2D eigenvalue weighted by atomic mass is 32.1. The molecule has 0 aliphatic carbocycles. The number of nitrogens with one attached hydrogen (secondary N) is 1. The molecule has 2 nitrogen and oxygen atoms in total. The summed E-state index contributed by atoms with van der Waals surface area (Å²) < 4.78 is 63.1. The molecule has 0 spiro atoms. The molecule has 100 valence electrons. The van der Waals surface area contributed by atoms with Gasteiger partial charge in [0.1, 0.15) is 5.69 Å². The van der Waals surface area contributed by atoms with Crippen LogP contribution in [0.3, 0.4) is 0 Å². The van der Waals surface area contributed by atoms with E-state index in [1.807, 2.05) is 4.98 Å². The number of nitrogens with zero attached hydrogens (tertiary/aromatic N) is 1. The molecule has 0 saturated carbocycles. The minimum atomic E-state index is -4.64. The molecule has 19 heavy (non-hydrogen) atoms. The van der Waals surface area contributed by atoms with Crippen LogP contribution in [-0.4, -0.2) is 9.97 Å². The number of benzene rings is 1. The minimum Gasteiger partial charge on any atom is -0.327 e. The molecule has 8 heteroatoms. The standard InChI is InChI=1S/C11H5F5N2S/c12-6-2-1-5(3-7(6)13)8-4-9(11(14,15)16)18-10(19)17-8/h1-4H,(H,17,18,19). The van der Waals surface area contributed by atoms with Crippen LogP contribution in [0.25, 0.3) is 11.3 Å². The molecule has 0 aliphatic heterocycles. The quantitative estimate of drug-likeness (QED) is 0.633. The van der Waals surface area contributed by atoms with E-state index >= 15 is 0 Å². The average molecular weight is 292 g/mol. The molecule has 1 heterocycles. The number of alkyl halides is 3. The lowest BCUT2D eigenvalue weighted by Gasteiger charge is -2.08. The zero-order valence-corrected chi connectivity index (χ0v) is 9.87. The predicted molar refractivity (Wildman–Crippen MR) is 59.8 cm³/mol. The van der Waals surface area contributed by atoms with Crippen LogP contribution in [0.1, 0.15) is 5.69 Å². The molecule has 0 saturated heterocycles. The van der Waals surface area contributed by atoms with Crippen molar-refractivity contribution in [1.29, 1.82) is 0 Å². The maximum Gasteiger partial charge on any atom is 0.431 e. The maximum atomic E-state index is 13.0. The van der Waals surface area contributed by atoms with Crippen molar-refractivity contribution in [3.05, 3.63) is 46.4 Å². The highest BCUT2D eigenvalue weighted by Crippen LogP contribution is 2.30. The van der Waals surface area contributed by atoms with Crippen molar-refractivity contribution in [2.24, 2.45) is 0 Å². The van der Waals surface area contributed by atoms with Gasteiger partial charge in [0.2, 0.25) is 0 Å². The molecular formula is C11H5F5N2S. The summed E-state index contributed by atoms with van der Waals surface area (Å²) >= 11 is 4.58. The van der Waals surface area contributed by atoms with E-state index in [4.69, 9.17) is 0 Å². The van der Waals surface area contributed by atoms with Crippen molar-refractivity contribution >= 4 is 12.2 Å². The maximum absolute atomic E-state index is 13.0. The fourth-order valence-corrected chi connectivity index (χ4v) is 1.62. The molecule has 1 aromatic carbocycles. The molecule has 0 fully saturated rings. The molecule has 0 radical (unpaired) electrons. The van der Waals surface area contributed by atoms with Crippen LogP contribution in [-0.2, 0) is 6.18 Å². The summed E-state index contributed by atoms with van der Waals surface area (Å²) in [5, 5.41) is 0. The molecule has 0 bridgehead atoms. The van der Waals surface area contributed by atoms with Crippen LogP contribution in [0.4, 0.5) is 22.0 Å². The fraction of sp³-hybridized carbons (Fsp3) is 0.0909. The number of aromatic nitrogens is 2. The summed E-state index contributed by atoms with van der Waals surface area (Å²) in [6, 6.07) is 3.37. The minimum absolute atomic E-state index is 0.00417. The summed E-state index contributed by atoms with van der Waals surface area (Å²) in [7, 11) is 0. The number of hydrogen-bond acceptors (Lipinski definition) is 2. The van der Waals surface area contributed by atoms with Crippen LogP contribution < -0.4 is 0 Å². The largest absolute Gasteiger partial charge is 0.431 e. The van der Waals surface area contributed by atoms with E-state index in [0.717, 1.165) is 18.2 Å². The monoisotopic (exact) mass is 292 g/mol. The van der Waals surface area contributed by atoms with E-state index in [1.165, 1.54) is 0 Å². The van der Waals surface area contributed by atoms with Gasteiger partial charge in [-0.05, 0) is 36.5 Å². The second-order valence-electron chi connectivity index (χ2n) is 3.61. The summed E-state index contributed by atoms with van der Waals surface area (Å²) in [6.07, 6.45) is -4.64. The van der Waals surface area contributed by atoms with Gasteiger partial charge in [0.05, 0.1) is 5.69 Å². The van der Waals surface area contributed by atoms with Gasteiger partial charge in [-0.3, -0.25) is 0 Å². The molecule has 0 aliphatic rings. The summed E-state index contributed by atoms with van der Waals surface area (Å²) in [5.41, 5.74) is -1.29. The third-order valence-electron chi connectivity index (χ3n) is 2.27. The predicted octanol–water partition coefficient (Wildman–Crippen LogP) is 4.10. The number of H-pyrrole nitrogens is 1. The summed E-state index contributed by atoms with van der Waals surface area (Å²) in [4.78, 5) is 5.55. The fourth-order valence-electron chi connectivity index (χ4n) is 1.41. The summed E-state index contributed by atoms with van der Waals surface area (Å²) in [6.45, 7) is 0. The highest BCUT2D eigenvalue weighted by molar-refractivity contribution is 7.71. The van der Waals surface area contributed by atoms with Crippen LogP contribution in [0.5, 0.6) is 0 Å². The SMILES string of the molecule is Fc1ccc(-c2cc(C(F)(F)F)[nH]c(=S)n2)cc1F. The average Bonchev–Trinajstić information content (AvgIpc) is 2.31. The van der Waals surface area contributed by atoms with Crippen molar-refractivity contribution in [3.8, 4) is 11.3 Å². The Bertz CT molecular complexity index is 678. The Morgan fingerprint density at radius 2 is 1.74 bits per heavy atom. The van der Waals surface area contributed by atoms with Crippen molar-refractivity contribution in [2.45, 2.75) is 6.18 Å². The van der Waals surface area contributed by atoms with Gasteiger partial charge < -0.3 is 4.98 Å². The van der Waals surface area contributed by atoms with Crippen LogP contribution in [0.2, 0.25) is 0 Å². The lowest BCUT2D eigenvalue weighted by Crippen LogP contribution is -2.09. The second-order valence-corrected chi connectivity index (χ2v) is 4.00. The van der Waals surface area contributed by atoms with Crippen molar-refractivity contribution in [3.63, 3.8) is 0 Å². The van der Waals surface area contributed by atoms with Crippen LogP contribution >= 0.6 is 12.2 Å². The Morgan fingerprint density at radius 1 is 1.05 bits per heavy atom. The van der Waals surface area contributed by atoms with Gasteiger partial charge in [0.25, 0.3) is 0 Å². The molecule has 2 aromatic rings. The van der Waals surface area contributed by atoms with Gasteiger partial charge in [0, 0.05) is 5.56 Å². The first-order valence-corrected chi connectivity index (χ1v) is 5.32. The van der Waals surface area contributed by atoms with Crippen molar-refractivity contribution < 1.29 is 22.0 Å². The van der Waals surface area contributed by atoms with Crippen molar-refractivity contribution in [2.75, 3.05) is 0 Å². The highest BCUT2D eigenvalue weighted by Gasteiger charge is 2.32. The first-order valence-electron chi connectivity index (χ1n) is 4.91. The zero-order valence-electron chi connectivity index (χ0n) is 9.05. The van der Waals surface area contributed by atoms with E-state index in [9.17, 15) is 22.0 Å². The first-order chi connectivity index (χ1) is 8.77. The normalized spacial score (nSPS) is 11.6. The van der Waals surface area contributed by atoms with Gasteiger partial charge in [-0.2, -0.15) is 13.2 Å². The molecule has 0 amide bonds. The number of hydrogen-bond donors (Lipinski definition) is 1. The van der Waals surface area contributed by atoms with E-state index < -0.39 is 28.3 Å². The Hall–Kier alpha value is -1.83. The Morgan fingerprint density at radius 3 is 2.32 bits per heavy atom. The molecule has 2 rings (SSSR count). The Kier molecular flexibility index (Phi) is 3.36. The number of rotatable bonds is 1. The summed E-state index contributed by atoms with van der Waals surface area (Å²) in [5.74, 6) is -2.27. The number of halogens is 5. The zero-order chi connectivity index (χ0) is 14.2. The molecule has 0 atom stereocenters. The van der Waals surface area contributed by atoms with E-state index in [0.29, 0.717) is 6.07 Å². The van der Waals surface area contributed by atoms with Crippen molar-refractivity contribution in [1.82, 2.24) is 9.97 Å². The topological polar surface area (TPSA) is 28.7 Å². The van der Waals surface area contributed by atoms with E-state index in [1.54, 1.807) is 0 Å². The van der Waals surface area contributed by atoms with Crippen LogP contribution in [0.15, 0.2) is 24.3 Å². The number of aromatic amines is 1. The third-order valence-corrected chi connectivity index (χ3v) is 2.46. The Balaban J connectivity index is 2.59.